The van der Waals surface area contributed by atoms with Crippen molar-refractivity contribution in [1.82, 2.24) is 9.97 Å². The van der Waals surface area contributed by atoms with E-state index in [0.717, 1.165) is 17.8 Å². The first kappa shape index (κ1) is 12.7. The minimum atomic E-state index is 0.284. The minimum absolute atomic E-state index is 0.284. The lowest BCUT2D eigenvalue weighted by molar-refractivity contribution is 0.235. The lowest BCUT2D eigenvalue weighted by atomic mass is 9.93. The van der Waals surface area contributed by atoms with Gasteiger partial charge in [0.25, 0.3) is 0 Å². The molecule has 1 aromatic rings. The number of hydrogen-bond acceptors (Lipinski definition) is 4. The van der Waals surface area contributed by atoms with Crippen LogP contribution in [0.1, 0.15) is 32.8 Å². The third-order valence-corrected chi connectivity index (χ3v) is 2.37. The van der Waals surface area contributed by atoms with Gasteiger partial charge in [0.2, 0.25) is 5.88 Å². The molecule has 0 spiro atoms. The minimum Gasteiger partial charge on any atom is -0.477 e. The third-order valence-electron chi connectivity index (χ3n) is 2.37. The molecule has 0 amide bonds. The van der Waals surface area contributed by atoms with Crippen LogP contribution in [-0.2, 0) is 0 Å². The van der Waals surface area contributed by atoms with Gasteiger partial charge in [-0.15, -0.1) is 0 Å². The van der Waals surface area contributed by atoms with E-state index in [0.29, 0.717) is 12.5 Å². The van der Waals surface area contributed by atoms with Gasteiger partial charge < -0.3 is 10.1 Å². The van der Waals surface area contributed by atoms with E-state index < -0.39 is 0 Å². The average molecular weight is 223 g/mol. The summed E-state index contributed by atoms with van der Waals surface area (Å²) < 4.78 is 5.66. The van der Waals surface area contributed by atoms with Crippen LogP contribution in [0.25, 0.3) is 0 Å². The molecule has 90 valence electrons. The first-order chi connectivity index (χ1) is 7.44. The van der Waals surface area contributed by atoms with Crippen LogP contribution < -0.4 is 10.1 Å². The average Bonchev–Trinajstić information content (AvgIpc) is 2.19. The zero-order valence-corrected chi connectivity index (χ0v) is 10.8. The van der Waals surface area contributed by atoms with Gasteiger partial charge in [-0.25, -0.2) is 9.97 Å². The van der Waals surface area contributed by atoms with Crippen molar-refractivity contribution >= 4 is 5.82 Å². The number of hydrogen-bond donors (Lipinski definition) is 1. The van der Waals surface area contributed by atoms with E-state index in [1.807, 2.05) is 14.0 Å². The lowest BCUT2D eigenvalue weighted by Gasteiger charge is -2.18. The number of nitrogens with one attached hydrogen (secondary N) is 1. The highest BCUT2D eigenvalue weighted by Crippen LogP contribution is 2.22. The molecule has 4 nitrogen and oxygen atoms in total. The molecule has 0 saturated heterocycles. The van der Waals surface area contributed by atoms with Gasteiger partial charge in [-0.05, 0) is 18.8 Å². The van der Waals surface area contributed by atoms with Gasteiger partial charge >= 0.3 is 0 Å². The second kappa shape index (κ2) is 5.14. The second-order valence-corrected chi connectivity index (χ2v) is 5.06. The molecule has 0 saturated carbocycles. The van der Waals surface area contributed by atoms with Crippen molar-refractivity contribution in [2.75, 3.05) is 19.0 Å². The lowest BCUT2D eigenvalue weighted by Crippen LogP contribution is -2.12. The maximum Gasteiger partial charge on any atom is 0.221 e. The fraction of sp³-hybridized carbons (Fsp3) is 0.667. The van der Waals surface area contributed by atoms with Crippen molar-refractivity contribution < 1.29 is 4.74 Å². The van der Waals surface area contributed by atoms with E-state index in [1.54, 1.807) is 0 Å². The fourth-order valence-electron chi connectivity index (χ4n) is 1.29. The van der Waals surface area contributed by atoms with Crippen molar-refractivity contribution in [3.63, 3.8) is 0 Å². The standard InChI is InChI=1S/C12H21N3O/c1-9-10(13-5)14-8-15-11(9)16-7-6-12(2,3)4/h8H,6-7H2,1-5H3,(H,13,14,15). The van der Waals surface area contributed by atoms with Crippen LogP contribution in [0.3, 0.4) is 0 Å². The molecule has 0 aliphatic heterocycles. The molecule has 0 radical (unpaired) electrons. The molecule has 1 heterocycles. The monoisotopic (exact) mass is 223 g/mol. The molecule has 0 unspecified atom stereocenters. The Morgan fingerprint density at radius 3 is 2.56 bits per heavy atom. The van der Waals surface area contributed by atoms with Gasteiger partial charge in [-0.2, -0.15) is 0 Å². The predicted molar refractivity (Wildman–Crippen MR) is 65.9 cm³/mol. The van der Waals surface area contributed by atoms with Gasteiger partial charge in [0.1, 0.15) is 12.1 Å². The predicted octanol–water partition coefficient (Wildman–Crippen LogP) is 2.64. The van der Waals surface area contributed by atoms with E-state index in [4.69, 9.17) is 4.74 Å². The van der Waals surface area contributed by atoms with E-state index in [1.165, 1.54) is 6.33 Å². The molecule has 16 heavy (non-hydrogen) atoms. The van der Waals surface area contributed by atoms with Crippen molar-refractivity contribution in [2.24, 2.45) is 5.41 Å². The molecule has 0 aromatic carbocycles. The Morgan fingerprint density at radius 1 is 1.31 bits per heavy atom. The SMILES string of the molecule is CNc1ncnc(OCCC(C)(C)C)c1C. The van der Waals surface area contributed by atoms with Gasteiger partial charge in [0.15, 0.2) is 0 Å². The molecule has 1 rings (SSSR count). The molecular weight excluding hydrogens is 202 g/mol. The maximum absolute atomic E-state index is 5.66. The second-order valence-electron chi connectivity index (χ2n) is 5.06. The number of rotatable bonds is 4. The highest BCUT2D eigenvalue weighted by molar-refractivity contribution is 5.46. The zero-order valence-electron chi connectivity index (χ0n) is 10.8. The van der Waals surface area contributed by atoms with Gasteiger partial charge in [0.05, 0.1) is 12.2 Å². The normalized spacial score (nSPS) is 11.3. The van der Waals surface area contributed by atoms with Crippen molar-refractivity contribution in [1.29, 1.82) is 0 Å². The van der Waals surface area contributed by atoms with E-state index in [-0.39, 0.29) is 5.41 Å². The number of anilines is 1. The Morgan fingerprint density at radius 2 is 2.00 bits per heavy atom. The summed E-state index contributed by atoms with van der Waals surface area (Å²) in [5.74, 6) is 1.49. The van der Waals surface area contributed by atoms with Crippen LogP contribution in [0.5, 0.6) is 5.88 Å². The summed E-state index contributed by atoms with van der Waals surface area (Å²) >= 11 is 0. The van der Waals surface area contributed by atoms with Crippen molar-refractivity contribution in [2.45, 2.75) is 34.1 Å². The number of ether oxygens (including phenoxy) is 1. The van der Waals surface area contributed by atoms with Crippen LogP contribution in [0.4, 0.5) is 5.82 Å². The first-order valence-electron chi connectivity index (χ1n) is 5.56. The third kappa shape index (κ3) is 3.68. The largest absolute Gasteiger partial charge is 0.477 e. The smallest absolute Gasteiger partial charge is 0.221 e. The van der Waals surface area contributed by atoms with Crippen LogP contribution in [-0.4, -0.2) is 23.6 Å². The molecule has 0 bridgehead atoms. The van der Waals surface area contributed by atoms with Crippen LogP contribution in [0.2, 0.25) is 0 Å². The molecule has 0 aliphatic carbocycles. The molecule has 4 heteroatoms. The van der Waals surface area contributed by atoms with Gasteiger partial charge in [0, 0.05) is 7.05 Å². The molecule has 0 fully saturated rings. The fourth-order valence-corrected chi connectivity index (χ4v) is 1.29. The van der Waals surface area contributed by atoms with Crippen LogP contribution >= 0.6 is 0 Å². The quantitative estimate of drug-likeness (QED) is 0.852. The Balaban J connectivity index is 2.61. The summed E-state index contributed by atoms with van der Waals surface area (Å²) in [6, 6.07) is 0. The summed E-state index contributed by atoms with van der Waals surface area (Å²) in [6.45, 7) is 9.23. The number of nitrogens with zero attached hydrogens (tertiary/aromatic N) is 2. The Bertz CT molecular complexity index is 345. The Kier molecular flexibility index (Phi) is 4.10. The highest BCUT2D eigenvalue weighted by atomic mass is 16.5. The molecular formula is C12H21N3O. The summed E-state index contributed by atoms with van der Waals surface area (Å²) in [6.07, 6.45) is 2.52. The maximum atomic E-state index is 5.66. The highest BCUT2D eigenvalue weighted by Gasteiger charge is 2.12. The Labute approximate surface area is 97.5 Å². The van der Waals surface area contributed by atoms with E-state index >= 15 is 0 Å². The summed E-state index contributed by atoms with van der Waals surface area (Å²) in [5.41, 5.74) is 1.24. The van der Waals surface area contributed by atoms with E-state index in [9.17, 15) is 0 Å². The van der Waals surface area contributed by atoms with Gasteiger partial charge in [-0.3, -0.25) is 0 Å². The molecule has 1 aromatic heterocycles. The topological polar surface area (TPSA) is 47.0 Å². The molecule has 1 N–H and O–H groups in total. The first-order valence-corrected chi connectivity index (χ1v) is 5.56. The summed E-state index contributed by atoms with van der Waals surface area (Å²) in [7, 11) is 1.84. The summed E-state index contributed by atoms with van der Waals surface area (Å²) in [4.78, 5) is 8.25. The van der Waals surface area contributed by atoms with Crippen LogP contribution in [0.15, 0.2) is 6.33 Å². The van der Waals surface area contributed by atoms with Crippen molar-refractivity contribution in [3.8, 4) is 5.88 Å². The number of aromatic nitrogens is 2. The van der Waals surface area contributed by atoms with E-state index in [2.05, 4.69) is 36.1 Å². The summed E-state index contributed by atoms with van der Waals surface area (Å²) in [5, 5.41) is 3.01. The Hall–Kier alpha value is -1.32. The van der Waals surface area contributed by atoms with Gasteiger partial charge in [-0.1, -0.05) is 20.8 Å². The van der Waals surface area contributed by atoms with Crippen molar-refractivity contribution in [3.05, 3.63) is 11.9 Å². The molecule has 0 atom stereocenters. The van der Waals surface area contributed by atoms with Crippen LogP contribution in [0, 0.1) is 12.3 Å². The molecule has 0 aliphatic rings. The zero-order chi connectivity index (χ0) is 12.2.